The number of amides is 2. The van der Waals surface area contributed by atoms with Crippen LogP contribution in [0.5, 0.6) is 0 Å². The molecule has 0 spiro atoms. The summed E-state index contributed by atoms with van der Waals surface area (Å²) in [5.74, 6) is 0.394. The lowest BCUT2D eigenvalue weighted by atomic mass is 9.94. The van der Waals surface area contributed by atoms with Gasteiger partial charge in [0, 0.05) is 45.7 Å². The molecule has 2 amide bonds. The van der Waals surface area contributed by atoms with Crippen molar-refractivity contribution < 1.29 is 19.1 Å². The topological polar surface area (TPSA) is 59.1 Å². The second-order valence-electron chi connectivity index (χ2n) is 6.15. The molecule has 0 aromatic rings. The molecule has 3 fully saturated rings. The van der Waals surface area contributed by atoms with Crippen LogP contribution in [-0.2, 0) is 19.1 Å². The molecule has 0 aromatic heterocycles. The third kappa shape index (κ3) is 3.06. The van der Waals surface area contributed by atoms with Gasteiger partial charge in [0.1, 0.15) is 0 Å². The molecular formula is C15H24N2O4. The van der Waals surface area contributed by atoms with Crippen LogP contribution in [0, 0.1) is 5.92 Å². The van der Waals surface area contributed by atoms with E-state index >= 15 is 0 Å². The van der Waals surface area contributed by atoms with E-state index in [2.05, 4.69) is 0 Å². The van der Waals surface area contributed by atoms with Gasteiger partial charge in [0.15, 0.2) is 0 Å². The van der Waals surface area contributed by atoms with Crippen molar-refractivity contribution in [3.8, 4) is 0 Å². The summed E-state index contributed by atoms with van der Waals surface area (Å²) >= 11 is 0. The van der Waals surface area contributed by atoms with Gasteiger partial charge in [-0.25, -0.2) is 0 Å². The second-order valence-corrected chi connectivity index (χ2v) is 6.15. The zero-order valence-corrected chi connectivity index (χ0v) is 12.6. The smallest absolute Gasteiger partial charge is 0.225 e. The number of nitrogens with zero attached hydrogens (tertiary/aromatic N) is 2. The Hall–Kier alpha value is -1.14. The fraction of sp³-hybridized carbons (Fsp3) is 0.867. The highest BCUT2D eigenvalue weighted by molar-refractivity contribution is 5.79. The van der Waals surface area contributed by atoms with Crippen molar-refractivity contribution in [2.45, 2.75) is 38.3 Å². The van der Waals surface area contributed by atoms with Gasteiger partial charge in [0.05, 0.1) is 18.8 Å². The molecule has 0 aliphatic carbocycles. The van der Waals surface area contributed by atoms with Crippen LogP contribution in [0.15, 0.2) is 0 Å². The van der Waals surface area contributed by atoms with Crippen molar-refractivity contribution >= 4 is 11.8 Å². The lowest BCUT2D eigenvalue weighted by Gasteiger charge is -2.47. The van der Waals surface area contributed by atoms with E-state index in [1.54, 1.807) is 6.92 Å². The fourth-order valence-electron chi connectivity index (χ4n) is 3.67. The lowest BCUT2D eigenvalue weighted by Crippen LogP contribution is -2.62. The highest BCUT2D eigenvalue weighted by Crippen LogP contribution is 2.26. The number of likely N-dealkylation sites (tertiary alicyclic amines) is 1. The normalized spacial score (nSPS) is 30.9. The molecule has 6 heteroatoms. The third-order valence-corrected chi connectivity index (χ3v) is 4.87. The average molecular weight is 296 g/mol. The Kier molecular flexibility index (Phi) is 4.45. The molecule has 3 rings (SSSR count). The Morgan fingerprint density at radius 2 is 1.81 bits per heavy atom. The van der Waals surface area contributed by atoms with Crippen LogP contribution in [0.4, 0.5) is 0 Å². The fourth-order valence-corrected chi connectivity index (χ4v) is 3.67. The SMILES string of the molecule is CC(=O)N1CCO[C@H]2CCN(C(=O)C3CCOCC3)C[C@@H]21. The molecule has 0 aromatic carbocycles. The average Bonchev–Trinajstić information content (AvgIpc) is 2.53. The Balaban J connectivity index is 1.65. The van der Waals surface area contributed by atoms with Crippen LogP contribution < -0.4 is 0 Å². The van der Waals surface area contributed by atoms with E-state index in [4.69, 9.17) is 9.47 Å². The first-order chi connectivity index (χ1) is 10.2. The molecular weight excluding hydrogens is 272 g/mol. The number of carbonyl (C=O) groups is 2. The van der Waals surface area contributed by atoms with E-state index in [9.17, 15) is 9.59 Å². The Morgan fingerprint density at radius 1 is 1.05 bits per heavy atom. The number of hydrogen-bond acceptors (Lipinski definition) is 4. The number of hydrogen-bond donors (Lipinski definition) is 0. The molecule has 3 heterocycles. The minimum absolute atomic E-state index is 0.0220. The Labute approximate surface area is 125 Å². The summed E-state index contributed by atoms with van der Waals surface area (Å²) in [6.07, 6.45) is 2.54. The van der Waals surface area contributed by atoms with Crippen molar-refractivity contribution in [1.82, 2.24) is 9.80 Å². The summed E-state index contributed by atoms with van der Waals surface area (Å²) in [4.78, 5) is 28.2. The summed E-state index contributed by atoms with van der Waals surface area (Å²) in [5, 5.41) is 0. The molecule has 2 atom stereocenters. The van der Waals surface area contributed by atoms with E-state index in [1.165, 1.54) is 0 Å². The number of fused-ring (bicyclic) bond motifs is 1. The Morgan fingerprint density at radius 3 is 2.52 bits per heavy atom. The van der Waals surface area contributed by atoms with E-state index in [0.29, 0.717) is 32.9 Å². The van der Waals surface area contributed by atoms with Crippen LogP contribution in [-0.4, -0.2) is 73.2 Å². The van der Waals surface area contributed by atoms with Gasteiger partial charge >= 0.3 is 0 Å². The van der Waals surface area contributed by atoms with E-state index in [1.807, 2.05) is 9.80 Å². The molecule has 0 unspecified atom stereocenters. The van der Waals surface area contributed by atoms with Crippen molar-refractivity contribution in [2.24, 2.45) is 5.92 Å². The van der Waals surface area contributed by atoms with Crippen molar-refractivity contribution in [2.75, 3.05) is 39.5 Å². The summed E-state index contributed by atoms with van der Waals surface area (Å²) in [6, 6.07) is 0.0220. The number of ether oxygens (including phenoxy) is 2. The molecule has 0 bridgehead atoms. The molecule has 21 heavy (non-hydrogen) atoms. The largest absolute Gasteiger partial charge is 0.381 e. The zero-order chi connectivity index (χ0) is 14.8. The maximum Gasteiger partial charge on any atom is 0.225 e. The van der Waals surface area contributed by atoms with Crippen LogP contribution in [0.1, 0.15) is 26.2 Å². The number of piperidine rings is 1. The molecule has 6 nitrogen and oxygen atoms in total. The van der Waals surface area contributed by atoms with Gasteiger partial charge < -0.3 is 19.3 Å². The van der Waals surface area contributed by atoms with E-state index in [0.717, 1.165) is 25.8 Å². The first kappa shape index (κ1) is 14.8. The maximum absolute atomic E-state index is 12.6. The zero-order valence-electron chi connectivity index (χ0n) is 12.6. The van der Waals surface area contributed by atoms with Crippen LogP contribution in [0.3, 0.4) is 0 Å². The monoisotopic (exact) mass is 296 g/mol. The molecule has 0 N–H and O–H groups in total. The van der Waals surface area contributed by atoms with Crippen molar-refractivity contribution in [1.29, 1.82) is 0 Å². The molecule has 0 radical (unpaired) electrons. The van der Waals surface area contributed by atoms with Gasteiger partial charge in [0.25, 0.3) is 0 Å². The van der Waals surface area contributed by atoms with E-state index in [-0.39, 0.29) is 29.9 Å². The van der Waals surface area contributed by atoms with Crippen molar-refractivity contribution in [3.05, 3.63) is 0 Å². The van der Waals surface area contributed by atoms with Gasteiger partial charge in [-0.2, -0.15) is 0 Å². The van der Waals surface area contributed by atoms with Crippen LogP contribution in [0.2, 0.25) is 0 Å². The minimum Gasteiger partial charge on any atom is -0.381 e. The number of morpholine rings is 1. The van der Waals surface area contributed by atoms with Gasteiger partial charge in [-0.3, -0.25) is 9.59 Å². The summed E-state index contributed by atoms with van der Waals surface area (Å²) < 4.78 is 11.1. The standard InChI is InChI=1S/C15H24N2O4/c1-11(18)17-6-9-21-14-2-5-16(10-13(14)17)15(19)12-3-7-20-8-4-12/h12-14H,2-10H2,1H3/t13-,14-/m0/s1. The number of rotatable bonds is 1. The molecule has 118 valence electrons. The first-order valence-corrected chi connectivity index (χ1v) is 7.92. The van der Waals surface area contributed by atoms with Gasteiger partial charge in [-0.15, -0.1) is 0 Å². The molecule has 3 saturated heterocycles. The molecule has 0 saturated carbocycles. The molecule has 3 aliphatic rings. The summed E-state index contributed by atoms with van der Waals surface area (Å²) in [7, 11) is 0. The van der Waals surface area contributed by atoms with Crippen molar-refractivity contribution in [3.63, 3.8) is 0 Å². The van der Waals surface area contributed by atoms with E-state index < -0.39 is 0 Å². The maximum atomic E-state index is 12.6. The lowest BCUT2D eigenvalue weighted by molar-refractivity contribution is -0.158. The second kappa shape index (κ2) is 6.32. The minimum atomic E-state index is 0.0220. The third-order valence-electron chi connectivity index (χ3n) is 4.87. The predicted octanol–water partition coefficient (Wildman–Crippen LogP) is 0.261. The highest BCUT2D eigenvalue weighted by atomic mass is 16.5. The van der Waals surface area contributed by atoms with Crippen LogP contribution in [0.25, 0.3) is 0 Å². The Bertz CT molecular complexity index is 408. The first-order valence-electron chi connectivity index (χ1n) is 7.92. The predicted molar refractivity (Wildman–Crippen MR) is 75.7 cm³/mol. The van der Waals surface area contributed by atoms with Crippen LogP contribution >= 0.6 is 0 Å². The quantitative estimate of drug-likeness (QED) is 0.696. The number of carbonyl (C=O) groups excluding carboxylic acids is 2. The van der Waals surface area contributed by atoms with Gasteiger partial charge in [0.2, 0.25) is 11.8 Å². The van der Waals surface area contributed by atoms with Gasteiger partial charge in [-0.05, 0) is 19.3 Å². The summed E-state index contributed by atoms with van der Waals surface area (Å²) in [6.45, 7) is 5.55. The summed E-state index contributed by atoms with van der Waals surface area (Å²) in [5.41, 5.74) is 0. The highest BCUT2D eigenvalue weighted by Gasteiger charge is 2.40. The molecule has 3 aliphatic heterocycles. The van der Waals surface area contributed by atoms with Gasteiger partial charge in [-0.1, -0.05) is 0 Å².